The second-order valence-electron chi connectivity index (χ2n) is 6.15. The van der Waals surface area contributed by atoms with E-state index in [0.29, 0.717) is 5.56 Å². The number of rotatable bonds is 4. The van der Waals surface area contributed by atoms with Crippen molar-refractivity contribution in [2.45, 2.75) is 0 Å². The molecule has 27 heavy (non-hydrogen) atoms. The molecule has 1 aromatic heterocycles. The lowest BCUT2D eigenvalue weighted by Crippen LogP contribution is -2.36. The molecule has 5 nitrogen and oxygen atoms in total. The van der Waals surface area contributed by atoms with Crippen LogP contribution in [-0.2, 0) is 4.74 Å². The second kappa shape index (κ2) is 8.21. The largest absolute Gasteiger partial charge is 0.378 e. The van der Waals surface area contributed by atoms with Gasteiger partial charge in [-0.05, 0) is 36.4 Å². The van der Waals surface area contributed by atoms with E-state index in [1.807, 2.05) is 36.4 Å². The van der Waals surface area contributed by atoms with Crippen molar-refractivity contribution in [3.8, 4) is 11.3 Å². The van der Waals surface area contributed by atoms with Crippen LogP contribution in [0.5, 0.6) is 0 Å². The molecule has 0 bridgehead atoms. The number of carbonyl (C=O) groups is 1. The monoisotopic (exact) mass is 443 g/mol. The van der Waals surface area contributed by atoms with Gasteiger partial charge >= 0.3 is 0 Å². The lowest BCUT2D eigenvalue weighted by atomic mass is 10.1. The van der Waals surface area contributed by atoms with Crippen LogP contribution in [0.3, 0.4) is 0 Å². The second-order valence-corrected chi connectivity index (χ2v) is 7.91. The van der Waals surface area contributed by atoms with Gasteiger partial charge in [-0.1, -0.05) is 28.1 Å². The van der Waals surface area contributed by atoms with Crippen LogP contribution in [0.25, 0.3) is 11.3 Å². The van der Waals surface area contributed by atoms with E-state index in [2.05, 4.69) is 31.5 Å². The maximum absolute atomic E-state index is 12.3. The summed E-state index contributed by atoms with van der Waals surface area (Å²) in [5.41, 5.74) is 3.37. The van der Waals surface area contributed by atoms with E-state index in [4.69, 9.17) is 9.72 Å². The predicted molar refractivity (Wildman–Crippen MR) is 113 cm³/mol. The topological polar surface area (TPSA) is 54.5 Å². The predicted octanol–water partition coefficient (Wildman–Crippen LogP) is 4.66. The Bertz CT molecular complexity index is 919. The fraction of sp³-hybridized carbons (Fsp3) is 0.200. The highest BCUT2D eigenvalue weighted by atomic mass is 79.9. The zero-order valence-electron chi connectivity index (χ0n) is 14.5. The van der Waals surface area contributed by atoms with Gasteiger partial charge in [0.2, 0.25) is 0 Å². The molecule has 7 heteroatoms. The third-order valence-corrected chi connectivity index (χ3v) is 5.75. The van der Waals surface area contributed by atoms with E-state index in [1.165, 1.54) is 0 Å². The Hall–Kier alpha value is -2.22. The number of morpholine rings is 1. The van der Waals surface area contributed by atoms with Gasteiger partial charge in [0.15, 0.2) is 5.13 Å². The maximum atomic E-state index is 12.3. The van der Waals surface area contributed by atoms with Gasteiger partial charge in [0.05, 0.1) is 18.9 Å². The number of nitrogens with zero attached hydrogens (tertiary/aromatic N) is 2. The Labute approximate surface area is 170 Å². The smallest absolute Gasteiger partial charge is 0.255 e. The molecule has 0 spiro atoms. The third kappa shape index (κ3) is 4.37. The Morgan fingerprint density at radius 1 is 1.07 bits per heavy atom. The van der Waals surface area contributed by atoms with E-state index in [9.17, 15) is 4.79 Å². The Kier molecular flexibility index (Phi) is 5.52. The number of carbonyl (C=O) groups excluding carboxylic acids is 1. The molecule has 1 amide bonds. The Morgan fingerprint density at radius 2 is 1.78 bits per heavy atom. The molecule has 0 atom stereocenters. The van der Waals surface area contributed by atoms with Crippen LogP contribution in [0, 0.1) is 0 Å². The Morgan fingerprint density at radius 3 is 2.48 bits per heavy atom. The first-order valence-electron chi connectivity index (χ1n) is 8.64. The highest BCUT2D eigenvalue weighted by Crippen LogP contribution is 2.28. The standard InChI is InChI=1S/C20H18BrN3O2S/c21-16-5-1-15(2-6-16)19(25)22-17-7-3-14(4-8-17)18-13-27-20(23-18)24-9-11-26-12-10-24/h1-8,13H,9-12H2,(H,22,25). The summed E-state index contributed by atoms with van der Waals surface area (Å²) in [5.74, 6) is -0.126. The molecule has 1 aliphatic rings. The minimum absolute atomic E-state index is 0.126. The van der Waals surface area contributed by atoms with Crippen molar-refractivity contribution in [3.63, 3.8) is 0 Å². The summed E-state index contributed by atoms with van der Waals surface area (Å²) >= 11 is 5.02. The summed E-state index contributed by atoms with van der Waals surface area (Å²) in [6.07, 6.45) is 0. The molecule has 0 aliphatic carbocycles. The molecular formula is C20H18BrN3O2S. The van der Waals surface area contributed by atoms with Crippen molar-refractivity contribution >= 4 is 44.0 Å². The normalized spacial score (nSPS) is 14.2. The lowest BCUT2D eigenvalue weighted by molar-refractivity contribution is 0.102. The van der Waals surface area contributed by atoms with Gasteiger partial charge in [0.1, 0.15) is 0 Å². The van der Waals surface area contributed by atoms with Gasteiger partial charge in [-0.15, -0.1) is 11.3 Å². The molecule has 3 aromatic rings. The summed E-state index contributed by atoms with van der Waals surface area (Å²) in [5, 5.41) is 6.02. The molecule has 0 unspecified atom stereocenters. The van der Waals surface area contributed by atoms with Crippen LogP contribution >= 0.6 is 27.3 Å². The van der Waals surface area contributed by atoms with Crippen LogP contribution in [0.15, 0.2) is 58.4 Å². The van der Waals surface area contributed by atoms with Crippen molar-refractivity contribution in [2.75, 3.05) is 36.5 Å². The van der Waals surface area contributed by atoms with Crippen LogP contribution < -0.4 is 10.2 Å². The molecule has 2 heterocycles. The molecule has 1 saturated heterocycles. The number of nitrogens with one attached hydrogen (secondary N) is 1. The van der Waals surface area contributed by atoms with Crippen molar-refractivity contribution < 1.29 is 9.53 Å². The lowest BCUT2D eigenvalue weighted by Gasteiger charge is -2.26. The molecule has 4 rings (SSSR count). The minimum Gasteiger partial charge on any atom is -0.378 e. The maximum Gasteiger partial charge on any atom is 0.255 e. The van der Waals surface area contributed by atoms with Gasteiger partial charge in [-0.3, -0.25) is 4.79 Å². The first-order chi connectivity index (χ1) is 13.2. The summed E-state index contributed by atoms with van der Waals surface area (Å²) in [7, 11) is 0. The Balaban J connectivity index is 1.43. The average Bonchev–Trinajstić information content (AvgIpc) is 3.20. The van der Waals surface area contributed by atoms with Crippen LogP contribution in [-0.4, -0.2) is 37.2 Å². The van der Waals surface area contributed by atoms with Gasteiger partial charge in [0, 0.05) is 39.8 Å². The highest BCUT2D eigenvalue weighted by Gasteiger charge is 2.15. The molecular weight excluding hydrogens is 426 g/mol. The van der Waals surface area contributed by atoms with Crippen LogP contribution in [0.4, 0.5) is 10.8 Å². The number of hydrogen-bond acceptors (Lipinski definition) is 5. The number of aromatic nitrogens is 1. The third-order valence-electron chi connectivity index (χ3n) is 4.32. The molecule has 1 aliphatic heterocycles. The van der Waals surface area contributed by atoms with Crippen LogP contribution in [0.2, 0.25) is 0 Å². The van der Waals surface area contributed by atoms with Gasteiger partial charge in [-0.25, -0.2) is 4.98 Å². The number of halogens is 1. The van der Waals surface area contributed by atoms with Gasteiger partial charge in [-0.2, -0.15) is 0 Å². The minimum atomic E-state index is -0.126. The van der Waals surface area contributed by atoms with E-state index >= 15 is 0 Å². The summed E-state index contributed by atoms with van der Waals surface area (Å²) in [6, 6.07) is 15.1. The van der Waals surface area contributed by atoms with Crippen molar-refractivity contribution in [2.24, 2.45) is 0 Å². The number of ether oxygens (including phenoxy) is 1. The van der Waals surface area contributed by atoms with E-state index in [-0.39, 0.29) is 5.91 Å². The number of anilines is 2. The SMILES string of the molecule is O=C(Nc1ccc(-c2csc(N3CCOCC3)n2)cc1)c1ccc(Br)cc1. The zero-order chi connectivity index (χ0) is 18.6. The van der Waals surface area contributed by atoms with E-state index in [1.54, 1.807) is 23.5 Å². The number of hydrogen-bond donors (Lipinski definition) is 1. The molecule has 0 saturated carbocycles. The fourth-order valence-corrected chi connectivity index (χ4v) is 3.98. The summed E-state index contributed by atoms with van der Waals surface area (Å²) in [6.45, 7) is 3.27. The van der Waals surface area contributed by atoms with Crippen molar-refractivity contribution in [3.05, 3.63) is 63.9 Å². The summed E-state index contributed by atoms with van der Waals surface area (Å²) < 4.78 is 6.34. The van der Waals surface area contributed by atoms with Crippen molar-refractivity contribution in [1.82, 2.24) is 4.98 Å². The number of benzene rings is 2. The molecule has 138 valence electrons. The fourth-order valence-electron chi connectivity index (χ4n) is 2.83. The van der Waals surface area contributed by atoms with Crippen molar-refractivity contribution in [1.29, 1.82) is 0 Å². The zero-order valence-corrected chi connectivity index (χ0v) is 16.9. The number of amides is 1. The van der Waals surface area contributed by atoms with Gasteiger partial charge in [0.25, 0.3) is 5.91 Å². The van der Waals surface area contributed by atoms with Gasteiger partial charge < -0.3 is 15.0 Å². The molecule has 1 fully saturated rings. The molecule has 0 radical (unpaired) electrons. The first-order valence-corrected chi connectivity index (χ1v) is 10.3. The highest BCUT2D eigenvalue weighted by molar-refractivity contribution is 9.10. The van der Waals surface area contributed by atoms with E-state index in [0.717, 1.165) is 52.9 Å². The quantitative estimate of drug-likeness (QED) is 0.636. The van der Waals surface area contributed by atoms with Crippen LogP contribution in [0.1, 0.15) is 10.4 Å². The molecule has 1 N–H and O–H groups in total. The molecule has 2 aromatic carbocycles. The van der Waals surface area contributed by atoms with E-state index < -0.39 is 0 Å². The summed E-state index contributed by atoms with van der Waals surface area (Å²) in [4.78, 5) is 19.3. The number of thiazole rings is 1. The first kappa shape index (κ1) is 18.2. The average molecular weight is 444 g/mol.